The molecule has 8 heteroatoms. The first-order chi connectivity index (χ1) is 12.6. The molecule has 0 aliphatic carbocycles. The van der Waals surface area contributed by atoms with Crippen molar-refractivity contribution in [2.45, 2.75) is 18.8 Å². The molecule has 1 fully saturated rings. The third-order valence-corrected chi connectivity index (χ3v) is 4.78. The summed E-state index contributed by atoms with van der Waals surface area (Å²) < 4.78 is 24.1. The summed E-state index contributed by atoms with van der Waals surface area (Å²) in [5, 5.41) is 8.24. The van der Waals surface area contributed by atoms with Gasteiger partial charge in [-0.05, 0) is 43.2 Å². The molecule has 1 aliphatic heterocycles. The van der Waals surface area contributed by atoms with Gasteiger partial charge < -0.3 is 13.7 Å². The van der Waals surface area contributed by atoms with Crippen LogP contribution >= 0.6 is 11.6 Å². The zero-order valence-electron chi connectivity index (χ0n) is 13.7. The Morgan fingerprint density at radius 3 is 2.73 bits per heavy atom. The molecule has 1 amide bonds. The Morgan fingerprint density at radius 1 is 1.23 bits per heavy atom. The van der Waals surface area contributed by atoms with Crippen molar-refractivity contribution in [2.75, 3.05) is 13.1 Å². The van der Waals surface area contributed by atoms with Crippen molar-refractivity contribution >= 4 is 17.5 Å². The van der Waals surface area contributed by atoms with Crippen molar-refractivity contribution in [1.82, 2.24) is 15.1 Å². The lowest BCUT2D eigenvalue weighted by Crippen LogP contribution is -2.38. The molecule has 0 unspecified atom stereocenters. The molecule has 3 heterocycles. The summed E-state index contributed by atoms with van der Waals surface area (Å²) in [7, 11) is 0. The number of hydrogen-bond acceptors (Lipinski definition) is 5. The number of carbonyl (C=O) groups excluding carboxylic acids is 1. The van der Waals surface area contributed by atoms with E-state index in [1.807, 2.05) is 0 Å². The molecular formula is C18H15ClFN3O3. The molecule has 0 bridgehead atoms. The first-order valence-electron chi connectivity index (χ1n) is 8.23. The van der Waals surface area contributed by atoms with Gasteiger partial charge in [0, 0.05) is 19.0 Å². The minimum Gasteiger partial charge on any atom is -0.459 e. The summed E-state index contributed by atoms with van der Waals surface area (Å²) in [5.41, 5.74) is 0.310. The highest BCUT2D eigenvalue weighted by Gasteiger charge is 2.29. The largest absolute Gasteiger partial charge is 0.459 e. The Bertz CT molecular complexity index is 918. The molecule has 1 aliphatic rings. The fourth-order valence-electron chi connectivity index (χ4n) is 3.06. The molecule has 0 spiro atoms. The van der Waals surface area contributed by atoms with Crippen LogP contribution in [0.3, 0.4) is 0 Å². The van der Waals surface area contributed by atoms with Gasteiger partial charge in [0.2, 0.25) is 5.89 Å². The number of furan rings is 1. The van der Waals surface area contributed by atoms with Crippen LogP contribution in [-0.4, -0.2) is 34.1 Å². The maximum absolute atomic E-state index is 13.2. The van der Waals surface area contributed by atoms with E-state index in [0.29, 0.717) is 49.0 Å². The van der Waals surface area contributed by atoms with Gasteiger partial charge in [0.1, 0.15) is 5.82 Å². The van der Waals surface area contributed by atoms with E-state index in [1.165, 1.54) is 12.1 Å². The van der Waals surface area contributed by atoms with Crippen molar-refractivity contribution in [3.63, 3.8) is 0 Å². The van der Waals surface area contributed by atoms with Crippen LogP contribution in [0.1, 0.15) is 35.0 Å². The summed E-state index contributed by atoms with van der Waals surface area (Å²) in [6.45, 7) is 1.07. The summed E-state index contributed by atoms with van der Waals surface area (Å²) in [5.74, 6) is 0.843. The molecule has 0 atom stereocenters. The van der Waals surface area contributed by atoms with Crippen LogP contribution in [0, 0.1) is 5.82 Å². The number of amides is 1. The smallest absolute Gasteiger partial charge is 0.283 e. The van der Waals surface area contributed by atoms with E-state index < -0.39 is 5.82 Å². The van der Waals surface area contributed by atoms with E-state index in [2.05, 4.69) is 10.2 Å². The quantitative estimate of drug-likeness (QED) is 0.687. The van der Waals surface area contributed by atoms with E-state index in [4.69, 9.17) is 20.4 Å². The van der Waals surface area contributed by atoms with Crippen molar-refractivity contribution in [3.8, 4) is 11.7 Å². The number of piperidine rings is 1. The number of hydrogen-bond donors (Lipinski definition) is 0. The molecular weight excluding hydrogens is 361 g/mol. The second-order valence-electron chi connectivity index (χ2n) is 6.11. The zero-order valence-corrected chi connectivity index (χ0v) is 14.4. The summed E-state index contributed by atoms with van der Waals surface area (Å²) in [4.78, 5) is 14.3. The van der Waals surface area contributed by atoms with Crippen LogP contribution in [0.4, 0.5) is 4.39 Å². The third-order valence-electron chi connectivity index (χ3n) is 4.47. The van der Waals surface area contributed by atoms with E-state index in [0.717, 1.165) is 6.07 Å². The van der Waals surface area contributed by atoms with Crippen molar-refractivity contribution in [3.05, 3.63) is 58.9 Å². The first kappa shape index (κ1) is 16.8. The SMILES string of the molecule is O=C(c1ccc(F)cc1Cl)N1CCC(c2nnc(-c3ccco3)o2)CC1. The first-order valence-corrected chi connectivity index (χ1v) is 8.61. The van der Waals surface area contributed by atoms with Gasteiger partial charge in [-0.15, -0.1) is 10.2 Å². The lowest BCUT2D eigenvalue weighted by atomic mass is 9.96. The Balaban J connectivity index is 1.42. The van der Waals surface area contributed by atoms with Gasteiger partial charge in [-0.1, -0.05) is 11.6 Å². The third kappa shape index (κ3) is 3.22. The molecule has 0 saturated carbocycles. The zero-order chi connectivity index (χ0) is 18.1. The van der Waals surface area contributed by atoms with Crippen LogP contribution < -0.4 is 0 Å². The fraction of sp³-hybridized carbons (Fsp3) is 0.278. The Morgan fingerprint density at radius 2 is 2.04 bits per heavy atom. The van der Waals surface area contributed by atoms with E-state index >= 15 is 0 Å². The number of likely N-dealkylation sites (tertiary alicyclic amines) is 1. The molecule has 26 heavy (non-hydrogen) atoms. The molecule has 134 valence electrons. The Kier molecular flexibility index (Phi) is 4.46. The highest BCUT2D eigenvalue weighted by atomic mass is 35.5. The number of rotatable bonds is 3. The van der Waals surface area contributed by atoms with Gasteiger partial charge in [0.25, 0.3) is 11.8 Å². The normalized spacial score (nSPS) is 15.4. The maximum Gasteiger partial charge on any atom is 0.283 e. The van der Waals surface area contributed by atoms with Gasteiger partial charge in [0.15, 0.2) is 5.76 Å². The Hall–Kier alpha value is -2.67. The van der Waals surface area contributed by atoms with Crippen LogP contribution in [-0.2, 0) is 0 Å². The average molecular weight is 376 g/mol. The van der Waals surface area contributed by atoms with Crippen LogP contribution in [0.25, 0.3) is 11.7 Å². The van der Waals surface area contributed by atoms with Crippen molar-refractivity contribution < 1.29 is 18.0 Å². The number of benzene rings is 1. The molecule has 1 saturated heterocycles. The predicted molar refractivity (Wildman–Crippen MR) is 91.3 cm³/mol. The van der Waals surface area contributed by atoms with Gasteiger partial charge in [-0.25, -0.2) is 4.39 Å². The Labute approximate surface area is 153 Å². The summed E-state index contributed by atoms with van der Waals surface area (Å²) in [6.07, 6.45) is 2.94. The van der Waals surface area contributed by atoms with E-state index in [1.54, 1.807) is 23.3 Å². The summed E-state index contributed by atoms with van der Waals surface area (Å²) >= 11 is 5.99. The van der Waals surface area contributed by atoms with Crippen LogP contribution in [0.15, 0.2) is 45.4 Å². The van der Waals surface area contributed by atoms with Gasteiger partial charge in [-0.2, -0.15) is 0 Å². The van der Waals surface area contributed by atoms with Gasteiger partial charge in [-0.3, -0.25) is 4.79 Å². The van der Waals surface area contributed by atoms with Crippen LogP contribution in [0.5, 0.6) is 0 Å². The highest BCUT2D eigenvalue weighted by molar-refractivity contribution is 6.33. The van der Waals surface area contributed by atoms with Gasteiger partial charge in [0.05, 0.1) is 16.8 Å². The second kappa shape index (κ2) is 6.92. The minimum atomic E-state index is -0.464. The maximum atomic E-state index is 13.2. The molecule has 2 aromatic heterocycles. The van der Waals surface area contributed by atoms with Gasteiger partial charge >= 0.3 is 0 Å². The van der Waals surface area contributed by atoms with Crippen molar-refractivity contribution in [2.24, 2.45) is 0 Å². The number of carbonyl (C=O) groups is 1. The number of nitrogens with zero attached hydrogens (tertiary/aromatic N) is 3. The second-order valence-corrected chi connectivity index (χ2v) is 6.52. The van der Waals surface area contributed by atoms with E-state index in [-0.39, 0.29) is 16.8 Å². The minimum absolute atomic E-state index is 0.0824. The van der Waals surface area contributed by atoms with Crippen LogP contribution in [0.2, 0.25) is 5.02 Å². The monoisotopic (exact) mass is 375 g/mol. The number of halogens is 2. The van der Waals surface area contributed by atoms with E-state index in [9.17, 15) is 9.18 Å². The number of aromatic nitrogens is 2. The molecule has 0 N–H and O–H groups in total. The lowest BCUT2D eigenvalue weighted by Gasteiger charge is -2.30. The lowest BCUT2D eigenvalue weighted by molar-refractivity contribution is 0.0706. The summed E-state index contributed by atoms with van der Waals surface area (Å²) in [6, 6.07) is 7.31. The molecule has 6 nitrogen and oxygen atoms in total. The molecule has 4 rings (SSSR count). The standard InChI is InChI=1S/C18H15ClFN3O3/c19-14-10-12(20)3-4-13(14)18(24)23-7-5-11(6-8-23)16-21-22-17(26-16)15-2-1-9-25-15/h1-4,9-11H,5-8H2. The molecule has 0 radical (unpaired) electrons. The highest BCUT2D eigenvalue weighted by Crippen LogP contribution is 2.30. The predicted octanol–water partition coefficient (Wildman–Crippen LogP) is 4.14. The average Bonchev–Trinajstić information content (AvgIpc) is 3.33. The molecule has 1 aromatic carbocycles. The topological polar surface area (TPSA) is 72.4 Å². The van der Waals surface area contributed by atoms with Crippen molar-refractivity contribution in [1.29, 1.82) is 0 Å². The fourth-order valence-corrected chi connectivity index (χ4v) is 3.31. The molecule has 3 aromatic rings.